The Morgan fingerprint density at radius 3 is 2.55 bits per heavy atom. The number of pyridine rings is 1. The molecule has 0 saturated heterocycles. The third-order valence-corrected chi connectivity index (χ3v) is 2.98. The van der Waals surface area contributed by atoms with Crippen molar-refractivity contribution in [1.82, 2.24) is 10.3 Å². The molecule has 114 valence electrons. The zero-order valence-electron chi connectivity index (χ0n) is 12.4. The van der Waals surface area contributed by atoms with Crippen LogP contribution in [0.2, 0.25) is 0 Å². The summed E-state index contributed by atoms with van der Waals surface area (Å²) in [5, 5.41) is 5.51. The molecule has 2 amide bonds. The number of rotatable bonds is 5. The number of carbonyl (C=O) groups excluding carboxylic acids is 2. The van der Waals surface area contributed by atoms with Crippen LogP contribution in [-0.2, 0) is 11.3 Å². The van der Waals surface area contributed by atoms with Crippen LogP contribution in [0.3, 0.4) is 0 Å². The van der Waals surface area contributed by atoms with Crippen molar-refractivity contribution < 1.29 is 14.3 Å². The molecule has 0 radical (unpaired) electrons. The molecule has 0 saturated carbocycles. The molecule has 1 aromatic carbocycles. The standard InChI is InChI=1S/C16H17N3O3/c1-11(20)19-14-3-4-15(22-2)13(9-14)10-18-16(21)12-5-7-17-8-6-12/h3-9H,10H2,1-2H3,(H,18,21)(H,19,20). The normalized spacial score (nSPS) is 9.91. The Bertz CT molecular complexity index is 672. The number of anilines is 1. The lowest BCUT2D eigenvalue weighted by atomic mass is 10.1. The molecule has 0 atom stereocenters. The van der Waals surface area contributed by atoms with E-state index in [-0.39, 0.29) is 18.4 Å². The predicted molar refractivity (Wildman–Crippen MR) is 82.7 cm³/mol. The number of carbonyl (C=O) groups is 2. The number of hydrogen-bond donors (Lipinski definition) is 2. The lowest BCUT2D eigenvalue weighted by molar-refractivity contribution is -0.114. The summed E-state index contributed by atoms with van der Waals surface area (Å²) in [5.74, 6) is 0.287. The van der Waals surface area contributed by atoms with Crippen molar-refractivity contribution in [2.45, 2.75) is 13.5 Å². The van der Waals surface area contributed by atoms with E-state index in [9.17, 15) is 9.59 Å². The van der Waals surface area contributed by atoms with Crippen LogP contribution in [0.25, 0.3) is 0 Å². The van der Waals surface area contributed by atoms with Crippen LogP contribution in [0.15, 0.2) is 42.7 Å². The minimum Gasteiger partial charge on any atom is -0.496 e. The Kier molecular flexibility index (Phi) is 5.08. The second-order valence-electron chi connectivity index (χ2n) is 4.63. The Morgan fingerprint density at radius 2 is 1.91 bits per heavy atom. The lowest BCUT2D eigenvalue weighted by Gasteiger charge is -2.12. The van der Waals surface area contributed by atoms with Crippen molar-refractivity contribution in [3.05, 3.63) is 53.9 Å². The van der Waals surface area contributed by atoms with Gasteiger partial charge in [-0.1, -0.05) is 0 Å². The first-order chi connectivity index (χ1) is 10.6. The third kappa shape index (κ3) is 4.05. The van der Waals surface area contributed by atoms with Gasteiger partial charge in [0.2, 0.25) is 5.91 Å². The van der Waals surface area contributed by atoms with Crippen LogP contribution in [0.5, 0.6) is 5.75 Å². The van der Waals surface area contributed by atoms with Gasteiger partial charge in [0.15, 0.2) is 0 Å². The Morgan fingerprint density at radius 1 is 1.18 bits per heavy atom. The molecular weight excluding hydrogens is 282 g/mol. The average molecular weight is 299 g/mol. The summed E-state index contributed by atoms with van der Waals surface area (Å²) >= 11 is 0. The Hall–Kier alpha value is -2.89. The quantitative estimate of drug-likeness (QED) is 0.884. The average Bonchev–Trinajstić information content (AvgIpc) is 2.53. The Labute approximate surface area is 128 Å². The van der Waals surface area contributed by atoms with Crippen molar-refractivity contribution in [3.8, 4) is 5.75 Å². The van der Waals surface area contributed by atoms with E-state index >= 15 is 0 Å². The van der Waals surface area contributed by atoms with E-state index in [1.54, 1.807) is 49.8 Å². The summed E-state index contributed by atoms with van der Waals surface area (Å²) < 4.78 is 5.27. The summed E-state index contributed by atoms with van der Waals surface area (Å²) in [6.45, 7) is 1.73. The number of aromatic nitrogens is 1. The number of nitrogens with zero attached hydrogens (tertiary/aromatic N) is 1. The molecule has 6 nitrogen and oxygen atoms in total. The van der Waals surface area contributed by atoms with Crippen LogP contribution in [0.1, 0.15) is 22.8 Å². The molecule has 22 heavy (non-hydrogen) atoms. The monoisotopic (exact) mass is 299 g/mol. The molecule has 0 aliphatic carbocycles. The van der Waals surface area contributed by atoms with Crippen LogP contribution in [0, 0.1) is 0 Å². The second kappa shape index (κ2) is 7.21. The van der Waals surface area contributed by atoms with Crippen LogP contribution in [-0.4, -0.2) is 23.9 Å². The van der Waals surface area contributed by atoms with Crippen molar-refractivity contribution >= 4 is 17.5 Å². The highest BCUT2D eigenvalue weighted by atomic mass is 16.5. The number of amides is 2. The molecule has 6 heteroatoms. The van der Waals surface area contributed by atoms with Crippen molar-refractivity contribution in [3.63, 3.8) is 0 Å². The van der Waals surface area contributed by atoms with Gasteiger partial charge in [-0.05, 0) is 30.3 Å². The van der Waals surface area contributed by atoms with Gasteiger partial charge in [0, 0.05) is 42.7 Å². The lowest BCUT2D eigenvalue weighted by Crippen LogP contribution is -2.23. The van der Waals surface area contributed by atoms with Gasteiger partial charge in [-0.25, -0.2) is 0 Å². The number of benzene rings is 1. The van der Waals surface area contributed by atoms with Gasteiger partial charge in [-0.3, -0.25) is 14.6 Å². The molecule has 0 unspecified atom stereocenters. The van der Waals surface area contributed by atoms with Gasteiger partial charge < -0.3 is 15.4 Å². The summed E-state index contributed by atoms with van der Waals surface area (Å²) in [7, 11) is 1.56. The summed E-state index contributed by atoms with van der Waals surface area (Å²) in [6.07, 6.45) is 3.12. The summed E-state index contributed by atoms with van der Waals surface area (Å²) in [5.41, 5.74) is 1.96. The van der Waals surface area contributed by atoms with Crippen molar-refractivity contribution in [2.24, 2.45) is 0 Å². The van der Waals surface area contributed by atoms with E-state index in [4.69, 9.17) is 4.74 Å². The van der Waals surface area contributed by atoms with Crippen LogP contribution >= 0.6 is 0 Å². The molecule has 0 fully saturated rings. The van der Waals surface area contributed by atoms with Crippen molar-refractivity contribution in [1.29, 1.82) is 0 Å². The van der Waals surface area contributed by atoms with E-state index in [0.29, 0.717) is 17.0 Å². The smallest absolute Gasteiger partial charge is 0.251 e. The van der Waals surface area contributed by atoms with E-state index in [1.165, 1.54) is 6.92 Å². The first-order valence-electron chi connectivity index (χ1n) is 6.73. The first kappa shape index (κ1) is 15.5. The van der Waals surface area contributed by atoms with Gasteiger partial charge in [0.25, 0.3) is 5.91 Å². The minimum atomic E-state index is -0.200. The maximum atomic E-state index is 12.0. The molecule has 2 aromatic rings. The molecule has 0 aliphatic rings. The zero-order chi connectivity index (χ0) is 15.9. The van der Waals surface area contributed by atoms with Crippen molar-refractivity contribution in [2.75, 3.05) is 12.4 Å². The SMILES string of the molecule is COc1ccc(NC(C)=O)cc1CNC(=O)c1ccncc1. The minimum absolute atomic E-state index is 0.156. The molecule has 0 spiro atoms. The summed E-state index contributed by atoms with van der Waals surface area (Å²) in [4.78, 5) is 27.0. The summed E-state index contributed by atoms with van der Waals surface area (Å²) in [6, 6.07) is 8.54. The third-order valence-electron chi connectivity index (χ3n) is 2.98. The highest BCUT2D eigenvalue weighted by Crippen LogP contribution is 2.22. The van der Waals surface area contributed by atoms with Gasteiger partial charge in [0.05, 0.1) is 7.11 Å². The zero-order valence-corrected chi connectivity index (χ0v) is 12.4. The molecule has 2 N–H and O–H groups in total. The predicted octanol–water partition coefficient (Wildman–Crippen LogP) is 1.98. The molecule has 1 heterocycles. The fourth-order valence-corrected chi connectivity index (χ4v) is 1.98. The van der Waals surface area contributed by atoms with E-state index in [2.05, 4.69) is 15.6 Å². The highest BCUT2D eigenvalue weighted by Gasteiger charge is 2.09. The van der Waals surface area contributed by atoms with Gasteiger partial charge >= 0.3 is 0 Å². The van der Waals surface area contributed by atoms with Gasteiger partial charge in [-0.15, -0.1) is 0 Å². The maximum Gasteiger partial charge on any atom is 0.251 e. The van der Waals surface area contributed by atoms with Crippen LogP contribution < -0.4 is 15.4 Å². The number of hydrogen-bond acceptors (Lipinski definition) is 4. The number of ether oxygens (including phenoxy) is 1. The van der Waals surface area contributed by atoms with Crippen LogP contribution in [0.4, 0.5) is 5.69 Å². The largest absolute Gasteiger partial charge is 0.496 e. The molecule has 0 aliphatic heterocycles. The first-order valence-corrected chi connectivity index (χ1v) is 6.73. The fourth-order valence-electron chi connectivity index (χ4n) is 1.98. The van der Waals surface area contributed by atoms with E-state index < -0.39 is 0 Å². The topological polar surface area (TPSA) is 80.3 Å². The molecular formula is C16H17N3O3. The highest BCUT2D eigenvalue weighted by molar-refractivity contribution is 5.94. The van der Waals surface area contributed by atoms with Gasteiger partial charge in [-0.2, -0.15) is 0 Å². The van der Waals surface area contributed by atoms with Gasteiger partial charge in [0.1, 0.15) is 5.75 Å². The fraction of sp³-hybridized carbons (Fsp3) is 0.188. The second-order valence-corrected chi connectivity index (χ2v) is 4.63. The number of methoxy groups -OCH3 is 1. The Balaban J connectivity index is 2.10. The maximum absolute atomic E-state index is 12.0. The van der Waals surface area contributed by atoms with E-state index in [0.717, 1.165) is 5.56 Å². The molecule has 0 bridgehead atoms. The molecule has 2 rings (SSSR count). The number of nitrogens with one attached hydrogen (secondary N) is 2. The van der Waals surface area contributed by atoms with E-state index in [1.807, 2.05) is 0 Å². The molecule has 1 aromatic heterocycles.